The molecule has 3 N–H and O–H groups in total. The minimum Gasteiger partial charge on any atom is -0.496 e. The van der Waals surface area contributed by atoms with Crippen LogP contribution in [-0.2, 0) is 16.4 Å². The Balaban J connectivity index is 1.54. The van der Waals surface area contributed by atoms with Crippen LogP contribution in [0.15, 0.2) is 82.2 Å². The van der Waals surface area contributed by atoms with E-state index in [1.54, 1.807) is 30.3 Å². The molecule has 0 heterocycles. The van der Waals surface area contributed by atoms with Crippen LogP contribution >= 0.6 is 28.1 Å². The zero-order chi connectivity index (χ0) is 23.8. The monoisotopic (exact) mass is 547 g/mol. The van der Waals surface area contributed by atoms with Crippen molar-refractivity contribution in [2.75, 3.05) is 19.0 Å². The first kappa shape index (κ1) is 24.8. The van der Waals surface area contributed by atoms with E-state index in [1.807, 2.05) is 30.3 Å². The van der Waals surface area contributed by atoms with Gasteiger partial charge in [-0.15, -0.1) is 0 Å². The Kier molecular flexibility index (Phi) is 8.56. The maximum absolute atomic E-state index is 12.5. The maximum atomic E-state index is 12.5. The molecular formula is C23H22BrN3O4S2. The van der Waals surface area contributed by atoms with E-state index in [0.29, 0.717) is 34.4 Å². The zero-order valence-electron chi connectivity index (χ0n) is 17.7. The predicted molar refractivity (Wildman–Crippen MR) is 136 cm³/mol. The van der Waals surface area contributed by atoms with E-state index < -0.39 is 15.9 Å². The molecule has 172 valence electrons. The number of methoxy groups -OCH3 is 1. The molecule has 0 aliphatic rings. The second kappa shape index (κ2) is 11.4. The van der Waals surface area contributed by atoms with Gasteiger partial charge in [-0.3, -0.25) is 10.1 Å². The van der Waals surface area contributed by atoms with E-state index in [-0.39, 0.29) is 10.0 Å². The molecule has 0 atom stereocenters. The van der Waals surface area contributed by atoms with E-state index in [0.717, 1.165) is 5.56 Å². The molecule has 3 rings (SSSR count). The summed E-state index contributed by atoms with van der Waals surface area (Å²) in [4.78, 5) is 12.5. The molecule has 7 nitrogen and oxygen atoms in total. The Labute approximate surface area is 206 Å². The highest BCUT2D eigenvalue weighted by atomic mass is 79.9. The number of rotatable bonds is 8. The molecule has 0 spiro atoms. The van der Waals surface area contributed by atoms with Crippen LogP contribution in [0.1, 0.15) is 15.9 Å². The van der Waals surface area contributed by atoms with Crippen molar-refractivity contribution in [3.8, 4) is 5.75 Å². The van der Waals surface area contributed by atoms with Gasteiger partial charge in [-0.25, -0.2) is 13.1 Å². The summed E-state index contributed by atoms with van der Waals surface area (Å²) in [7, 11) is -2.10. The van der Waals surface area contributed by atoms with Gasteiger partial charge in [0.25, 0.3) is 5.91 Å². The van der Waals surface area contributed by atoms with Crippen LogP contribution in [0.5, 0.6) is 5.75 Å². The van der Waals surface area contributed by atoms with Crippen LogP contribution < -0.4 is 20.1 Å². The van der Waals surface area contributed by atoms with E-state index in [4.69, 9.17) is 17.0 Å². The SMILES string of the molecule is COc1ccc(C(=O)NC(=S)Nc2ccc(S(=O)(=O)NCCc3ccccc3)cc2)cc1Br. The number of nitrogens with one attached hydrogen (secondary N) is 3. The Morgan fingerprint density at radius 3 is 2.36 bits per heavy atom. The molecule has 0 bridgehead atoms. The van der Waals surface area contributed by atoms with Crippen LogP contribution in [0, 0.1) is 0 Å². The summed E-state index contributed by atoms with van der Waals surface area (Å²) in [5, 5.41) is 5.54. The summed E-state index contributed by atoms with van der Waals surface area (Å²) in [5.74, 6) is 0.217. The number of amides is 1. The van der Waals surface area contributed by atoms with E-state index in [9.17, 15) is 13.2 Å². The van der Waals surface area contributed by atoms with Gasteiger partial charge in [-0.1, -0.05) is 30.3 Å². The number of benzene rings is 3. The summed E-state index contributed by atoms with van der Waals surface area (Å²) in [5.41, 5.74) is 1.99. The normalized spacial score (nSPS) is 11.0. The van der Waals surface area contributed by atoms with Crippen molar-refractivity contribution >= 4 is 54.9 Å². The number of carbonyl (C=O) groups is 1. The van der Waals surface area contributed by atoms with Crippen molar-refractivity contribution in [1.82, 2.24) is 10.0 Å². The highest BCUT2D eigenvalue weighted by molar-refractivity contribution is 9.10. The molecule has 3 aromatic rings. The van der Waals surface area contributed by atoms with Crippen molar-refractivity contribution in [3.05, 3.63) is 88.4 Å². The number of thiocarbonyl (C=S) groups is 1. The minimum atomic E-state index is -3.64. The van der Waals surface area contributed by atoms with Crippen molar-refractivity contribution in [2.45, 2.75) is 11.3 Å². The molecule has 0 aromatic heterocycles. The lowest BCUT2D eigenvalue weighted by atomic mass is 10.2. The number of hydrogen-bond donors (Lipinski definition) is 3. The quantitative estimate of drug-likeness (QED) is 0.367. The van der Waals surface area contributed by atoms with Gasteiger partial charge in [-0.05, 0) is 82.6 Å². The third kappa shape index (κ3) is 7.10. The topological polar surface area (TPSA) is 96.5 Å². The van der Waals surface area contributed by atoms with Gasteiger partial charge in [0.1, 0.15) is 5.75 Å². The van der Waals surface area contributed by atoms with Gasteiger partial charge >= 0.3 is 0 Å². The third-order valence-electron chi connectivity index (χ3n) is 4.61. The molecular weight excluding hydrogens is 526 g/mol. The molecule has 0 radical (unpaired) electrons. The highest BCUT2D eigenvalue weighted by Gasteiger charge is 2.14. The number of anilines is 1. The maximum Gasteiger partial charge on any atom is 0.257 e. The van der Waals surface area contributed by atoms with Gasteiger partial charge in [-0.2, -0.15) is 0 Å². The largest absolute Gasteiger partial charge is 0.496 e. The zero-order valence-corrected chi connectivity index (χ0v) is 20.9. The molecule has 1 amide bonds. The molecule has 33 heavy (non-hydrogen) atoms. The van der Waals surface area contributed by atoms with Crippen molar-refractivity contribution in [2.24, 2.45) is 0 Å². The van der Waals surface area contributed by atoms with Crippen molar-refractivity contribution in [1.29, 1.82) is 0 Å². The lowest BCUT2D eigenvalue weighted by Gasteiger charge is -2.11. The van der Waals surface area contributed by atoms with Gasteiger partial charge in [0.05, 0.1) is 16.5 Å². The molecule has 3 aromatic carbocycles. The molecule has 0 saturated carbocycles. The lowest BCUT2D eigenvalue weighted by Crippen LogP contribution is -2.34. The molecule has 10 heteroatoms. The van der Waals surface area contributed by atoms with Gasteiger partial charge in [0.15, 0.2) is 5.11 Å². The van der Waals surface area contributed by atoms with Crippen LogP contribution in [0.3, 0.4) is 0 Å². The third-order valence-corrected chi connectivity index (χ3v) is 6.91. The summed E-state index contributed by atoms with van der Waals surface area (Å²) in [6.07, 6.45) is 0.596. The second-order valence-electron chi connectivity index (χ2n) is 6.92. The Morgan fingerprint density at radius 1 is 1.03 bits per heavy atom. The molecule has 0 aliphatic carbocycles. The van der Waals surface area contributed by atoms with Gasteiger partial charge in [0, 0.05) is 17.8 Å². The fourth-order valence-electron chi connectivity index (χ4n) is 2.92. The number of carbonyl (C=O) groups excluding carboxylic acids is 1. The standard InChI is InChI=1S/C23H22BrN3O4S2/c1-31-21-12-7-17(15-20(21)24)22(28)27-23(32)26-18-8-10-19(11-9-18)33(29,30)25-14-13-16-5-3-2-4-6-16/h2-12,15,25H,13-14H2,1H3,(H2,26,27,28,32). The molecule has 0 fully saturated rings. The highest BCUT2D eigenvalue weighted by Crippen LogP contribution is 2.25. The summed E-state index contributed by atoms with van der Waals surface area (Å²) in [6.45, 7) is 0.296. The molecule has 0 saturated heterocycles. The summed E-state index contributed by atoms with van der Waals surface area (Å²) in [6, 6.07) is 20.7. The van der Waals surface area contributed by atoms with Crippen molar-refractivity contribution < 1.29 is 17.9 Å². The minimum absolute atomic E-state index is 0.0866. The van der Waals surface area contributed by atoms with Crippen molar-refractivity contribution in [3.63, 3.8) is 0 Å². The van der Waals surface area contributed by atoms with Crippen LogP contribution in [0.2, 0.25) is 0 Å². The first-order valence-electron chi connectivity index (χ1n) is 9.88. The number of hydrogen-bond acceptors (Lipinski definition) is 5. The molecule has 0 aliphatic heterocycles. The summed E-state index contributed by atoms with van der Waals surface area (Å²) >= 11 is 8.53. The van der Waals surface area contributed by atoms with Gasteiger partial charge < -0.3 is 10.1 Å². The number of sulfonamides is 1. The lowest BCUT2D eigenvalue weighted by molar-refractivity contribution is 0.0977. The van der Waals surface area contributed by atoms with Crippen LogP contribution in [0.4, 0.5) is 5.69 Å². The summed E-state index contributed by atoms with van der Waals surface area (Å²) < 4.78 is 33.4. The van der Waals surface area contributed by atoms with Gasteiger partial charge in [0.2, 0.25) is 10.0 Å². The average molecular weight is 548 g/mol. The first-order valence-corrected chi connectivity index (χ1v) is 12.6. The first-order chi connectivity index (χ1) is 15.8. The fourth-order valence-corrected chi connectivity index (χ4v) is 4.70. The molecule has 0 unspecified atom stereocenters. The van der Waals surface area contributed by atoms with E-state index in [1.165, 1.54) is 19.2 Å². The number of ether oxygens (including phenoxy) is 1. The van der Waals surface area contributed by atoms with Crippen LogP contribution in [0.25, 0.3) is 0 Å². The Hall–Kier alpha value is -2.79. The smallest absolute Gasteiger partial charge is 0.257 e. The second-order valence-corrected chi connectivity index (χ2v) is 9.94. The average Bonchev–Trinajstić information content (AvgIpc) is 2.80. The van der Waals surface area contributed by atoms with Crippen LogP contribution in [-0.4, -0.2) is 33.1 Å². The Bertz CT molecular complexity index is 1230. The Morgan fingerprint density at radius 2 is 1.73 bits per heavy atom. The van der Waals surface area contributed by atoms with E-state index >= 15 is 0 Å². The predicted octanol–water partition coefficient (Wildman–Crippen LogP) is 4.11. The van der Waals surface area contributed by atoms with E-state index in [2.05, 4.69) is 31.3 Å². The number of halogens is 1. The fraction of sp³-hybridized carbons (Fsp3) is 0.130.